The molecular formula is C18H20ClN3O2S. The number of furan rings is 1. The van der Waals surface area contributed by atoms with Gasteiger partial charge in [-0.2, -0.15) is 0 Å². The summed E-state index contributed by atoms with van der Waals surface area (Å²) < 4.78 is 6.99. The Labute approximate surface area is 156 Å². The van der Waals surface area contributed by atoms with Crippen molar-refractivity contribution in [2.75, 3.05) is 13.1 Å². The average molecular weight is 378 g/mol. The van der Waals surface area contributed by atoms with Gasteiger partial charge in [0.1, 0.15) is 5.76 Å². The van der Waals surface area contributed by atoms with E-state index >= 15 is 0 Å². The van der Waals surface area contributed by atoms with Gasteiger partial charge in [-0.3, -0.25) is 4.79 Å². The van der Waals surface area contributed by atoms with Crippen molar-refractivity contribution in [3.63, 3.8) is 0 Å². The number of benzene rings is 1. The number of rotatable bonds is 5. The number of hydrogen-bond acceptors (Lipinski definition) is 5. The zero-order chi connectivity index (χ0) is 16.5. The maximum absolute atomic E-state index is 12.2. The van der Waals surface area contributed by atoms with Crippen molar-refractivity contribution in [3.05, 3.63) is 42.2 Å². The largest absolute Gasteiger partial charge is 0.457 e. The van der Waals surface area contributed by atoms with Gasteiger partial charge in [-0.25, -0.2) is 4.98 Å². The molecule has 3 aromatic rings. The highest BCUT2D eigenvalue weighted by Gasteiger charge is 2.28. The van der Waals surface area contributed by atoms with Gasteiger partial charge in [-0.05, 0) is 43.3 Å². The molecule has 132 valence electrons. The first kappa shape index (κ1) is 17.9. The SMILES string of the molecule is CC(C(=O)NCc1ccc(-c2nc3ccccc3s2)o1)C1CNC1.Cl. The Kier molecular flexibility index (Phi) is 5.42. The maximum atomic E-state index is 12.2. The van der Waals surface area contributed by atoms with Crippen LogP contribution in [0.4, 0.5) is 0 Å². The number of thiazole rings is 1. The lowest BCUT2D eigenvalue weighted by molar-refractivity contribution is -0.126. The minimum absolute atomic E-state index is 0. The van der Waals surface area contributed by atoms with Crippen LogP contribution in [0.1, 0.15) is 12.7 Å². The van der Waals surface area contributed by atoms with E-state index in [-0.39, 0.29) is 24.2 Å². The van der Waals surface area contributed by atoms with E-state index in [1.807, 2.05) is 37.3 Å². The third-order valence-electron chi connectivity index (χ3n) is 4.54. The molecule has 3 heterocycles. The molecule has 25 heavy (non-hydrogen) atoms. The van der Waals surface area contributed by atoms with Crippen molar-refractivity contribution >= 4 is 39.9 Å². The van der Waals surface area contributed by atoms with Crippen molar-refractivity contribution < 1.29 is 9.21 Å². The Morgan fingerprint density at radius 2 is 2.16 bits per heavy atom. The first-order valence-corrected chi connectivity index (χ1v) is 8.95. The fraction of sp³-hybridized carbons (Fsp3) is 0.333. The topological polar surface area (TPSA) is 67.2 Å². The normalized spacial score (nSPS) is 15.4. The van der Waals surface area contributed by atoms with Crippen LogP contribution in [0.15, 0.2) is 40.8 Å². The lowest BCUT2D eigenvalue weighted by Crippen LogP contribution is -2.49. The van der Waals surface area contributed by atoms with E-state index in [2.05, 4.69) is 21.7 Å². The summed E-state index contributed by atoms with van der Waals surface area (Å²) >= 11 is 1.61. The molecule has 7 heteroatoms. The van der Waals surface area contributed by atoms with Crippen molar-refractivity contribution in [3.8, 4) is 10.8 Å². The third kappa shape index (κ3) is 3.71. The number of aromatic nitrogens is 1. The van der Waals surface area contributed by atoms with Crippen LogP contribution >= 0.6 is 23.7 Å². The van der Waals surface area contributed by atoms with Crippen LogP contribution < -0.4 is 10.6 Å². The highest BCUT2D eigenvalue weighted by molar-refractivity contribution is 7.21. The summed E-state index contributed by atoms with van der Waals surface area (Å²) in [7, 11) is 0. The Morgan fingerprint density at radius 3 is 2.88 bits per heavy atom. The van der Waals surface area contributed by atoms with Gasteiger partial charge in [-0.1, -0.05) is 19.1 Å². The fourth-order valence-corrected chi connectivity index (χ4v) is 3.71. The number of hydrogen-bond donors (Lipinski definition) is 2. The lowest BCUT2D eigenvalue weighted by atomic mass is 9.88. The van der Waals surface area contributed by atoms with Gasteiger partial charge in [0.25, 0.3) is 0 Å². The standard InChI is InChI=1S/C18H19N3O2S.ClH/c1-11(12-8-19-9-12)17(22)20-10-13-6-7-15(23-13)18-21-14-4-2-3-5-16(14)24-18;/h2-7,11-12,19H,8-10H2,1H3,(H,20,22);1H. The van der Waals surface area contributed by atoms with E-state index in [1.54, 1.807) is 11.3 Å². The minimum Gasteiger partial charge on any atom is -0.457 e. The number of para-hydroxylation sites is 1. The predicted molar refractivity (Wildman–Crippen MR) is 102 cm³/mol. The van der Waals surface area contributed by atoms with Crippen LogP contribution in [-0.2, 0) is 11.3 Å². The molecule has 5 nitrogen and oxygen atoms in total. The molecule has 1 unspecified atom stereocenters. The van der Waals surface area contributed by atoms with Crippen LogP contribution in [0.3, 0.4) is 0 Å². The van der Waals surface area contributed by atoms with E-state index in [1.165, 1.54) is 0 Å². The molecule has 1 aliphatic heterocycles. The van der Waals surface area contributed by atoms with Crippen molar-refractivity contribution in [2.45, 2.75) is 13.5 Å². The highest BCUT2D eigenvalue weighted by Crippen LogP contribution is 2.31. The van der Waals surface area contributed by atoms with Gasteiger partial charge in [0.05, 0.1) is 16.8 Å². The van der Waals surface area contributed by atoms with Gasteiger partial charge in [0.15, 0.2) is 10.8 Å². The van der Waals surface area contributed by atoms with Crippen LogP contribution in [0, 0.1) is 11.8 Å². The summed E-state index contributed by atoms with van der Waals surface area (Å²) in [6.45, 7) is 4.25. The molecule has 0 spiro atoms. The summed E-state index contributed by atoms with van der Waals surface area (Å²) in [4.78, 5) is 16.7. The van der Waals surface area contributed by atoms with Gasteiger partial charge >= 0.3 is 0 Å². The average Bonchev–Trinajstić information content (AvgIpc) is 3.17. The smallest absolute Gasteiger partial charge is 0.223 e. The van der Waals surface area contributed by atoms with Crippen LogP contribution in [0.25, 0.3) is 21.0 Å². The summed E-state index contributed by atoms with van der Waals surface area (Å²) in [5.41, 5.74) is 0.978. The van der Waals surface area contributed by atoms with E-state index in [4.69, 9.17) is 4.42 Å². The summed E-state index contributed by atoms with van der Waals surface area (Å²) in [6, 6.07) is 11.9. The Morgan fingerprint density at radius 1 is 1.36 bits per heavy atom. The predicted octanol–water partition coefficient (Wildman–Crippen LogP) is 3.45. The second-order valence-electron chi connectivity index (χ2n) is 6.18. The lowest BCUT2D eigenvalue weighted by Gasteiger charge is -2.31. The summed E-state index contributed by atoms with van der Waals surface area (Å²) in [5.74, 6) is 2.05. The number of fused-ring (bicyclic) bond motifs is 1. The molecule has 1 aliphatic rings. The summed E-state index contributed by atoms with van der Waals surface area (Å²) in [5, 5.41) is 7.02. The maximum Gasteiger partial charge on any atom is 0.223 e. The van der Waals surface area contributed by atoms with Crippen molar-refractivity contribution in [1.82, 2.24) is 15.6 Å². The molecule has 0 radical (unpaired) electrons. The molecule has 1 aromatic carbocycles. The zero-order valence-corrected chi connectivity index (χ0v) is 15.5. The number of carbonyl (C=O) groups is 1. The molecule has 2 aromatic heterocycles. The molecule has 0 bridgehead atoms. The van der Waals surface area contributed by atoms with Crippen molar-refractivity contribution in [2.24, 2.45) is 11.8 Å². The number of amides is 1. The van der Waals surface area contributed by atoms with Gasteiger partial charge in [-0.15, -0.1) is 23.7 Å². The zero-order valence-electron chi connectivity index (χ0n) is 13.8. The van der Waals surface area contributed by atoms with E-state index in [0.29, 0.717) is 12.5 Å². The Bertz CT molecular complexity index is 839. The number of halogens is 1. The second kappa shape index (κ2) is 7.56. The summed E-state index contributed by atoms with van der Waals surface area (Å²) in [6.07, 6.45) is 0. The van der Waals surface area contributed by atoms with E-state index in [0.717, 1.165) is 39.8 Å². The highest BCUT2D eigenvalue weighted by atomic mass is 35.5. The molecule has 1 amide bonds. The van der Waals surface area contributed by atoms with E-state index in [9.17, 15) is 4.79 Å². The first-order valence-electron chi connectivity index (χ1n) is 8.14. The number of carbonyl (C=O) groups excluding carboxylic acids is 1. The molecule has 1 fully saturated rings. The number of nitrogens with one attached hydrogen (secondary N) is 2. The van der Waals surface area contributed by atoms with E-state index < -0.39 is 0 Å². The molecule has 2 N–H and O–H groups in total. The van der Waals surface area contributed by atoms with Crippen LogP contribution in [0.5, 0.6) is 0 Å². The third-order valence-corrected chi connectivity index (χ3v) is 5.59. The Balaban J connectivity index is 0.00000182. The molecule has 0 aliphatic carbocycles. The first-order chi connectivity index (χ1) is 11.7. The number of nitrogens with zero attached hydrogens (tertiary/aromatic N) is 1. The van der Waals surface area contributed by atoms with Gasteiger partial charge < -0.3 is 15.1 Å². The van der Waals surface area contributed by atoms with Gasteiger partial charge in [0, 0.05) is 5.92 Å². The monoisotopic (exact) mass is 377 g/mol. The second-order valence-corrected chi connectivity index (χ2v) is 7.21. The molecule has 4 rings (SSSR count). The quantitative estimate of drug-likeness (QED) is 0.714. The Hall–Kier alpha value is -1.89. The molecule has 0 saturated carbocycles. The molecule has 1 atom stereocenters. The molecular weight excluding hydrogens is 358 g/mol. The van der Waals surface area contributed by atoms with Crippen LogP contribution in [0.2, 0.25) is 0 Å². The van der Waals surface area contributed by atoms with Crippen LogP contribution in [-0.4, -0.2) is 24.0 Å². The van der Waals surface area contributed by atoms with Gasteiger partial charge in [0.2, 0.25) is 5.91 Å². The minimum atomic E-state index is 0. The molecule has 1 saturated heterocycles. The fourth-order valence-electron chi connectivity index (χ4n) is 2.78. The van der Waals surface area contributed by atoms with Crippen molar-refractivity contribution in [1.29, 1.82) is 0 Å².